The zero-order valence-electron chi connectivity index (χ0n) is 13.7. The molecule has 1 aliphatic carbocycles. The van der Waals surface area contributed by atoms with E-state index in [4.69, 9.17) is 4.52 Å². The van der Waals surface area contributed by atoms with Crippen molar-refractivity contribution < 1.29 is 14.4 Å². The fraction of sp³-hybridized carbons (Fsp3) is 0.750. The third-order valence-electron chi connectivity index (χ3n) is 4.53. The van der Waals surface area contributed by atoms with E-state index in [1.165, 1.54) is 0 Å². The van der Waals surface area contributed by atoms with Crippen molar-refractivity contribution in [1.29, 1.82) is 0 Å². The molecule has 3 unspecified atom stereocenters. The van der Waals surface area contributed by atoms with Crippen molar-refractivity contribution in [3.8, 4) is 0 Å². The first-order chi connectivity index (χ1) is 10.5. The first-order valence-electron chi connectivity index (χ1n) is 8.11. The zero-order valence-corrected chi connectivity index (χ0v) is 13.7. The number of hydrogen-bond acceptors (Lipinski definition) is 4. The summed E-state index contributed by atoms with van der Waals surface area (Å²) in [5, 5.41) is 19.3. The molecule has 0 aromatic carbocycles. The van der Waals surface area contributed by atoms with Crippen LogP contribution in [0.3, 0.4) is 0 Å². The number of aryl methyl sites for hydroxylation is 2. The molecule has 2 rings (SSSR count). The Morgan fingerprint density at radius 2 is 2.14 bits per heavy atom. The third kappa shape index (κ3) is 4.22. The molecule has 1 aromatic heterocycles. The highest BCUT2D eigenvalue weighted by Crippen LogP contribution is 2.23. The molecule has 1 aromatic rings. The van der Waals surface area contributed by atoms with E-state index in [2.05, 4.69) is 15.8 Å². The third-order valence-corrected chi connectivity index (χ3v) is 4.53. The molecule has 0 spiro atoms. The second-order valence-electron chi connectivity index (χ2n) is 6.36. The first kappa shape index (κ1) is 16.8. The van der Waals surface area contributed by atoms with Crippen LogP contribution in [0.25, 0.3) is 0 Å². The van der Waals surface area contributed by atoms with Gasteiger partial charge in [0.05, 0.1) is 5.69 Å². The lowest BCUT2D eigenvalue weighted by Gasteiger charge is -2.31. The van der Waals surface area contributed by atoms with Gasteiger partial charge in [0.2, 0.25) is 0 Å². The van der Waals surface area contributed by atoms with E-state index in [-0.39, 0.29) is 30.6 Å². The number of hydrogen-bond donors (Lipinski definition) is 3. The van der Waals surface area contributed by atoms with Gasteiger partial charge in [0.25, 0.3) is 0 Å². The van der Waals surface area contributed by atoms with Gasteiger partial charge in [-0.3, -0.25) is 0 Å². The summed E-state index contributed by atoms with van der Waals surface area (Å²) in [4.78, 5) is 12.1. The molecule has 1 saturated carbocycles. The van der Waals surface area contributed by atoms with E-state index in [0.29, 0.717) is 6.42 Å². The molecule has 3 N–H and O–H groups in total. The molecule has 0 aliphatic heterocycles. The lowest BCUT2D eigenvalue weighted by Crippen LogP contribution is -2.50. The van der Waals surface area contributed by atoms with Crippen molar-refractivity contribution in [3.63, 3.8) is 0 Å². The van der Waals surface area contributed by atoms with E-state index in [9.17, 15) is 9.90 Å². The fourth-order valence-corrected chi connectivity index (χ4v) is 3.20. The molecular weight excluding hydrogens is 282 g/mol. The maximum absolute atomic E-state index is 12.1. The highest BCUT2D eigenvalue weighted by atomic mass is 16.5. The molecule has 124 valence electrons. The summed E-state index contributed by atoms with van der Waals surface area (Å²) in [7, 11) is 0. The van der Waals surface area contributed by atoms with Crippen molar-refractivity contribution in [2.45, 2.75) is 65.0 Å². The predicted molar refractivity (Wildman–Crippen MR) is 83.6 cm³/mol. The quantitative estimate of drug-likeness (QED) is 0.777. The van der Waals surface area contributed by atoms with E-state index in [1.807, 2.05) is 20.8 Å². The van der Waals surface area contributed by atoms with Gasteiger partial charge in [-0.15, -0.1) is 0 Å². The van der Waals surface area contributed by atoms with Crippen molar-refractivity contribution in [2.24, 2.45) is 5.92 Å². The van der Waals surface area contributed by atoms with Gasteiger partial charge in [-0.25, -0.2) is 4.79 Å². The van der Waals surface area contributed by atoms with Crippen LogP contribution in [0.2, 0.25) is 0 Å². The topological polar surface area (TPSA) is 87.4 Å². The van der Waals surface area contributed by atoms with Crippen LogP contribution in [-0.4, -0.2) is 35.0 Å². The molecule has 6 nitrogen and oxygen atoms in total. The number of carbonyl (C=O) groups excluding carboxylic acids is 1. The van der Waals surface area contributed by atoms with Gasteiger partial charge in [0.1, 0.15) is 5.76 Å². The van der Waals surface area contributed by atoms with Gasteiger partial charge >= 0.3 is 6.03 Å². The number of aliphatic hydroxyl groups excluding tert-OH is 1. The Morgan fingerprint density at radius 1 is 1.41 bits per heavy atom. The van der Waals surface area contributed by atoms with E-state index >= 15 is 0 Å². The van der Waals surface area contributed by atoms with Crippen molar-refractivity contribution >= 4 is 6.03 Å². The minimum Gasteiger partial charge on any atom is -0.396 e. The lowest BCUT2D eigenvalue weighted by molar-refractivity contribution is 0.153. The number of urea groups is 1. The molecular formula is C16H27N3O3. The van der Waals surface area contributed by atoms with Crippen molar-refractivity contribution in [3.05, 3.63) is 17.0 Å². The molecule has 0 saturated heterocycles. The Hall–Kier alpha value is -1.56. The van der Waals surface area contributed by atoms with Crippen molar-refractivity contribution in [2.75, 3.05) is 6.61 Å². The van der Waals surface area contributed by atoms with Crippen LogP contribution >= 0.6 is 0 Å². The van der Waals surface area contributed by atoms with Crippen LogP contribution in [0.5, 0.6) is 0 Å². The van der Waals surface area contributed by atoms with Crippen LogP contribution in [-0.2, 0) is 6.42 Å². The lowest BCUT2D eigenvalue weighted by atomic mass is 9.85. The molecule has 2 amide bonds. The average Bonchev–Trinajstić information content (AvgIpc) is 2.79. The van der Waals surface area contributed by atoms with Gasteiger partial charge < -0.3 is 20.3 Å². The van der Waals surface area contributed by atoms with Crippen LogP contribution in [0.4, 0.5) is 4.79 Å². The van der Waals surface area contributed by atoms with Gasteiger partial charge in [-0.1, -0.05) is 18.0 Å². The molecule has 1 fully saturated rings. The first-order valence-corrected chi connectivity index (χ1v) is 8.11. The van der Waals surface area contributed by atoms with Crippen molar-refractivity contribution in [1.82, 2.24) is 15.8 Å². The van der Waals surface area contributed by atoms with Gasteiger partial charge in [0, 0.05) is 30.2 Å². The van der Waals surface area contributed by atoms with Crippen LogP contribution in [0.1, 0.15) is 49.6 Å². The minimum atomic E-state index is -0.162. The molecule has 6 heteroatoms. The summed E-state index contributed by atoms with van der Waals surface area (Å²) in [5.41, 5.74) is 1.93. The maximum Gasteiger partial charge on any atom is 0.315 e. The Morgan fingerprint density at radius 3 is 2.77 bits per heavy atom. The Bertz CT molecular complexity index is 481. The Balaban J connectivity index is 1.83. The average molecular weight is 309 g/mol. The SMILES string of the molecule is Cc1noc(C)c1CC(C)NC(=O)NC1CCCCC1CO. The number of rotatable bonds is 5. The number of nitrogens with zero attached hydrogens (tertiary/aromatic N) is 1. The predicted octanol–water partition coefficient (Wildman–Crippen LogP) is 2.07. The zero-order chi connectivity index (χ0) is 16.1. The number of nitrogens with one attached hydrogen (secondary N) is 2. The van der Waals surface area contributed by atoms with E-state index < -0.39 is 0 Å². The molecule has 1 aliphatic rings. The molecule has 1 heterocycles. The summed E-state index contributed by atoms with van der Waals surface area (Å²) in [6.45, 7) is 5.90. The van der Waals surface area contributed by atoms with Crippen LogP contribution in [0.15, 0.2) is 4.52 Å². The number of aliphatic hydroxyl groups is 1. The number of amides is 2. The normalized spacial score (nSPS) is 23.1. The maximum atomic E-state index is 12.1. The Kier molecular flexibility index (Phi) is 5.83. The second kappa shape index (κ2) is 7.63. The van der Waals surface area contributed by atoms with Gasteiger partial charge in [-0.2, -0.15) is 0 Å². The van der Waals surface area contributed by atoms with Gasteiger partial charge in [0.15, 0.2) is 0 Å². The summed E-state index contributed by atoms with van der Waals surface area (Å²) < 4.78 is 5.15. The van der Waals surface area contributed by atoms with E-state index in [0.717, 1.165) is 42.7 Å². The summed E-state index contributed by atoms with van der Waals surface area (Å²) in [6.07, 6.45) is 4.86. The van der Waals surface area contributed by atoms with Gasteiger partial charge in [-0.05, 0) is 40.0 Å². The number of carbonyl (C=O) groups is 1. The molecule has 22 heavy (non-hydrogen) atoms. The smallest absolute Gasteiger partial charge is 0.315 e. The largest absolute Gasteiger partial charge is 0.396 e. The standard InChI is InChI=1S/C16H27N3O3/c1-10(8-14-11(2)19-22-12(14)3)17-16(21)18-15-7-5-4-6-13(15)9-20/h10,13,15,20H,4-9H2,1-3H3,(H2,17,18,21). The second-order valence-corrected chi connectivity index (χ2v) is 6.36. The number of aromatic nitrogens is 1. The van der Waals surface area contributed by atoms with E-state index in [1.54, 1.807) is 0 Å². The highest BCUT2D eigenvalue weighted by molar-refractivity contribution is 5.74. The van der Waals surface area contributed by atoms with Crippen LogP contribution in [0, 0.1) is 19.8 Å². The fourth-order valence-electron chi connectivity index (χ4n) is 3.20. The summed E-state index contributed by atoms with van der Waals surface area (Å²) in [5.74, 6) is 0.983. The minimum absolute atomic E-state index is 0.00651. The molecule has 3 atom stereocenters. The Labute approximate surface area is 131 Å². The monoisotopic (exact) mass is 309 g/mol. The molecule has 0 bridgehead atoms. The summed E-state index contributed by atoms with van der Waals surface area (Å²) in [6, 6.07) is -0.0948. The van der Waals surface area contributed by atoms with Crippen LogP contribution < -0.4 is 10.6 Å². The molecule has 0 radical (unpaired) electrons. The highest BCUT2D eigenvalue weighted by Gasteiger charge is 2.26. The summed E-state index contributed by atoms with van der Waals surface area (Å²) >= 11 is 0.